The molecule has 0 bridgehead atoms. The highest BCUT2D eigenvalue weighted by atomic mass is 31.1. The molecule has 0 radical (unpaired) electrons. The number of nitrogens with zero attached hydrogens (tertiary/aromatic N) is 2. The quantitative estimate of drug-likeness (QED) is 0.395. The molecule has 2 atom stereocenters. The Morgan fingerprint density at radius 3 is 1.57 bits per heavy atom. The molecule has 37 heavy (non-hydrogen) atoms. The fraction of sp³-hybridized carbons (Fsp3) is 0.355. The summed E-state index contributed by atoms with van der Waals surface area (Å²) >= 11 is 0. The third-order valence-corrected chi connectivity index (χ3v) is 9.53. The van der Waals surface area contributed by atoms with Crippen LogP contribution in [-0.2, 0) is 9.47 Å². The first kappa shape index (κ1) is 25.5. The molecule has 0 saturated carbocycles. The van der Waals surface area contributed by atoms with Crippen LogP contribution in [0.1, 0.15) is 38.8 Å². The van der Waals surface area contributed by atoms with E-state index in [9.17, 15) is 0 Å². The Kier molecular flexibility index (Phi) is 7.62. The Bertz CT molecular complexity index is 1220. The number of hydrogen-bond acceptors (Lipinski definition) is 5. The number of methoxy groups -OCH3 is 1. The Hall–Kier alpha value is -3.17. The van der Waals surface area contributed by atoms with Crippen molar-refractivity contribution in [2.45, 2.75) is 39.8 Å². The number of aliphatic imine (C=N–C) groups is 2. The maximum Gasteiger partial charge on any atom is 0.217 e. The minimum absolute atomic E-state index is 0.178. The van der Waals surface area contributed by atoms with Gasteiger partial charge >= 0.3 is 0 Å². The number of benzene rings is 3. The average molecular weight is 515 g/mol. The fourth-order valence-corrected chi connectivity index (χ4v) is 7.15. The van der Waals surface area contributed by atoms with Gasteiger partial charge in [0.05, 0.1) is 19.2 Å². The van der Waals surface area contributed by atoms with Gasteiger partial charge in [-0.1, -0.05) is 76.2 Å². The smallest absolute Gasteiger partial charge is 0.217 e. The normalized spacial score (nSPS) is 19.1. The van der Waals surface area contributed by atoms with Crippen molar-refractivity contribution in [3.05, 3.63) is 83.9 Å². The van der Waals surface area contributed by atoms with Crippen molar-refractivity contribution in [1.82, 2.24) is 0 Å². The molecule has 192 valence electrons. The average Bonchev–Trinajstić information content (AvgIpc) is 3.61. The topological polar surface area (TPSA) is 52.4 Å². The van der Waals surface area contributed by atoms with Gasteiger partial charge in [-0.25, -0.2) is 9.98 Å². The van der Waals surface area contributed by atoms with E-state index in [2.05, 4.69) is 88.4 Å². The predicted molar refractivity (Wildman–Crippen MR) is 154 cm³/mol. The van der Waals surface area contributed by atoms with Crippen molar-refractivity contribution in [1.29, 1.82) is 0 Å². The van der Waals surface area contributed by atoms with Gasteiger partial charge in [0.25, 0.3) is 0 Å². The molecular formula is C31H35N2O3P. The summed E-state index contributed by atoms with van der Waals surface area (Å²) in [5, 5.41) is 3.63. The zero-order chi connectivity index (χ0) is 25.9. The van der Waals surface area contributed by atoms with Crippen LogP contribution in [0.3, 0.4) is 0 Å². The summed E-state index contributed by atoms with van der Waals surface area (Å²) in [5.41, 5.74) is 2.11. The summed E-state index contributed by atoms with van der Waals surface area (Å²) in [6.07, 6.45) is 0. The monoisotopic (exact) mass is 514 g/mol. The Balaban J connectivity index is 1.67. The largest absolute Gasteiger partial charge is 0.497 e. The maximum absolute atomic E-state index is 6.17. The Morgan fingerprint density at radius 1 is 0.703 bits per heavy atom. The van der Waals surface area contributed by atoms with E-state index in [1.165, 1.54) is 15.9 Å². The van der Waals surface area contributed by atoms with Crippen molar-refractivity contribution in [2.24, 2.45) is 21.8 Å². The molecular weight excluding hydrogens is 479 g/mol. The second-order valence-corrected chi connectivity index (χ2v) is 12.3. The highest BCUT2D eigenvalue weighted by molar-refractivity contribution is 7.80. The molecule has 0 N–H and O–H groups in total. The predicted octanol–water partition coefficient (Wildman–Crippen LogP) is 5.06. The lowest BCUT2D eigenvalue weighted by Gasteiger charge is -2.24. The molecule has 0 fully saturated rings. The number of ether oxygens (including phenoxy) is 3. The van der Waals surface area contributed by atoms with Gasteiger partial charge in [0.2, 0.25) is 11.8 Å². The minimum atomic E-state index is -0.974. The van der Waals surface area contributed by atoms with Gasteiger partial charge in [-0.15, -0.1) is 0 Å². The van der Waals surface area contributed by atoms with Crippen LogP contribution in [0.25, 0.3) is 0 Å². The number of rotatable bonds is 8. The molecule has 5 nitrogen and oxygen atoms in total. The van der Waals surface area contributed by atoms with Crippen molar-refractivity contribution in [3.63, 3.8) is 0 Å². The molecule has 3 aromatic carbocycles. The third-order valence-electron chi connectivity index (χ3n) is 6.97. The van der Waals surface area contributed by atoms with Gasteiger partial charge in [0, 0.05) is 11.1 Å². The van der Waals surface area contributed by atoms with Crippen LogP contribution in [-0.4, -0.2) is 44.2 Å². The molecule has 2 heterocycles. The van der Waals surface area contributed by atoms with Crippen LogP contribution in [0.15, 0.2) is 82.8 Å². The standard InChI is InChI=1S/C31H35N2O3P/c1-20(2)26-18-35-30(32-26)24-10-6-8-12-28(24)37(23-16-14-22(34-5)15-17-23)29-13-9-7-11-25(29)31-33-27(19-36-31)21(3)4/h6-17,20-21,26-27H,18-19H2,1-5H3/t26-,27-/m1/s1. The summed E-state index contributed by atoms with van der Waals surface area (Å²) in [5.74, 6) is 3.18. The van der Waals surface area contributed by atoms with Crippen molar-refractivity contribution in [3.8, 4) is 5.75 Å². The zero-order valence-corrected chi connectivity index (χ0v) is 23.1. The summed E-state index contributed by atoms with van der Waals surface area (Å²) < 4.78 is 17.8. The lowest BCUT2D eigenvalue weighted by molar-refractivity contribution is 0.292. The summed E-state index contributed by atoms with van der Waals surface area (Å²) in [4.78, 5) is 9.96. The van der Waals surface area contributed by atoms with Crippen LogP contribution in [0.5, 0.6) is 5.75 Å². The first-order valence-electron chi connectivity index (χ1n) is 13.0. The van der Waals surface area contributed by atoms with E-state index in [4.69, 9.17) is 24.2 Å². The molecule has 0 spiro atoms. The van der Waals surface area contributed by atoms with Crippen molar-refractivity contribution >= 4 is 35.6 Å². The van der Waals surface area contributed by atoms with Crippen molar-refractivity contribution in [2.75, 3.05) is 20.3 Å². The first-order chi connectivity index (χ1) is 18.0. The van der Waals surface area contributed by atoms with Gasteiger partial charge in [-0.05, 0) is 59.9 Å². The van der Waals surface area contributed by atoms with E-state index in [0.717, 1.165) is 28.7 Å². The second-order valence-electron chi connectivity index (χ2n) is 10.2. The molecule has 2 aliphatic heterocycles. The van der Waals surface area contributed by atoms with E-state index in [1.54, 1.807) is 7.11 Å². The van der Waals surface area contributed by atoms with E-state index in [-0.39, 0.29) is 12.1 Å². The van der Waals surface area contributed by atoms with Gasteiger partial charge < -0.3 is 14.2 Å². The first-order valence-corrected chi connectivity index (χ1v) is 14.3. The highest BCUT2D eigenvalue weighted by Gasteiger charge is 2.31. The summed E-state index contributed by atoms with van der Waals surface area (Å²) in [6.45, 7) is 10.0. The van der Waals surface area contributed by atoms with Crippen LogP contribution in [0.2, 0.25) is 0 Å². The zero-order valence-electron chi connectivity index (χ0n) is 22.2. The molecule has 0 aromatic heterocycles. The van der Waals surface area contributed by atoms with E-state index in [0.29, 0.717) is 25.0 Å². The van der Waals surface area contributed by atoms with E-state index in [1.807, 2.05) is 12.1 Å². The highest BCUT2D eigenvalue weighted by Crippen LogP contribution is 2.37. The molecule has 0 amide bonds. The molecule has 0 aliphatic carbocycles. The maximum atomic E-state index is 6.17. The van der Waals surface area contributed by atoms with Crippen molar-refractivity contribution < 1.29 is 14.2 Å². The molecule has 6 heteroatoms. The lowest BCUT2D eigenvalue weighted by Crippen LogP contribution is -2.28. The van der Waals surface area contributed by atoms with Crippen LogP contribution in [0, 0.1) is 11.8 Å². The third kappa shape index (κ3) is 5.29. The SMILES string of the molecule is COc1ccc(P(c2ccccc2C2=N[C@@H](C(C)C)CO2)c2ccccc2C2=N[C@@H](C(C)C)CO2)cc1. The Labute approximate surface area is 221 Å². The second kappa shape index (κ2) is 11.1. The summed E-state index contributed by atoms with van der Waals surface area (Å²) in [6, 6.07) is 25.8. The Morgan fingerprint density at radius 2 is 1.16 bits per heavy atom. The minimum Gasteiger partial charge on any atom is -0.497 e. The lowest BCUT2D eigenvalue weighted by atomic mass is 10.1. The number of hydrogen-bond donors (Lipinski definition) is 0. The van der Waals surface area contributed by atoms with Gasteiger partial charge in [0.1, 0.15) is 19.0 Å². The molecule has 0 saturated heterocycles. The van der Waals surface area contributed by atoms with Crippen LogP contribution >= 0.6 is 7.92 Å². The van der Waals surface area contributed by atoms with Gasteiger partial charge in [-0.2, -0.15) is 0 Å². The molecule has 0 unspecified atom stereocenters. The van der Waals surface area contributed by atoms with E-state index < -0.39 is 7.92 Å². The van der Waals surface area contributed by atoms with Crippen LogP contribution in [0.4, 0.5) is 0 Å². The van der Waals surface area contributed by atoms with Crippen LogP contribution < -0.4 is 20.7 Å². The molecule has 5 rings (SSSR count). The molecule has 3 aromatic rings. The van der Waals surface area contributed by atoms with Gasteiger partial charge in [0.15, 0.2) is 0 Å². The van der Waals surface area contributed by atoms with E-state index >= 15 is 0 Å². The molecule has 2 aliphatic rings. The fourth-order valence-electron chi connectivity index (χ4n) is 4.59. The van der Waals surface area contributed by atoms with Gasteiger partial charge in [-0.3, -0.25) is 0 Å². The summed E-state index contributed by atoms with van der Waals surface area (Å²) in [7, 11) is 0.725.